The van der Waals surface area contributed by atoms with Crippen molar-refractivity contribution in [3.63, 3.8) is 0 Å². The average Bonchev–Trinajstić information content (AvgIpc) is 3.22. The summed E-state index contributed by atoms with van der Waals surface area (Å²) in [6.45, 7) is 4.18. The molecular formula is C25H31N5O3. The van der Waals surface area contributed by atoms with Gasteiger partial charge < -0.3 is 14.5 Å². The van der Waals surface area contributed by atoms with Crippen LogP contribution < -0.4 is 15.0 Å². The van der Waals surface area contributed by atoms with Gasteiger partial charge in [-0.2, -0.15) is 0 Å². The first kappa shape index (κ1) is 21.7. The Morgan fingerprint density at radius 2 is 1.76 bits per heavy atom. The van der Waals surface area contributed by atoms with E-state index in [2.05, 4.69) is 22.0 Å². The van der Waals surface area contributed by atoms with E-state index in [0.29, 0.717) is 18.9 Å². The van der Waals surface area contributed by atoms with Crippen molar-refractivity contribution in [1.29, 1.82) is 0 Å². The number of carbonyl (C=O) groups excluding carboxylic acids is 2. The smallest absolute Gasteiger partial charge is 0.327 e. The number of imide groups is 1. The largest absolute Gasteiger partial charge is 0.495 e. The van der Waals surface area contributed by atoms with Crippen molar-refractivity contribution in [3.05, 3.63) is 60.2 Å². The van der Waals surface area contributed by atoms with Gasteiger partial charge in [-0.3, -0.25) is 19.9 Å². The van der Waals surface area contributed by atoms with Crippen LogP contribution >= 0.6 is 0 Å². The minimum atomic E-state index is -0.423. The third kappa shape index (κ3) is 3.73. The molecule has 33 heavy (non-hydrogen) atoms. The van der Waals surface area contributed by atoms with E-state index in [9.17, 15) is 9.59 Å². The molecule has 3 fully saturated rings. The number of nitrogens with zero attached hydrogens (tertiary/aromatic N) is 4. The number of urea groups is 1. The molecule has 174 valence electrons. The van der Waals surface area contributed by atoms with Crippen molar-refractivity contribution in [3.8, 4) is 5.75 Å². The fourth-order valence-corrected chi connectivity index (χ4v) is 5.36. The topological polar surface area (TPSA) is 68.4 Å². The van der Waals surface area contributed by atoms with E-state index in [4.69, 9.17) is 4.74 Å². The normalized spacial score (nSPS) is 27.5. The van der Waals surface area contributed by atoms with Crippen LogP contribution in [-0.4, -0.2) is 78.9 Å². The molecule has 1 N–H and O–H groups in total. The Bertz CT molecular complexity index is 1030. The minimum absolute atomic E-state index is 0.122. The second-order valence-electron chi connectivity index (χ2n) is 9.18. The van der Waals surface area contributed by atoms with Crippen LogP contribution in [0.25, 0.3) is 0 Å². The number of nitrogens with one attached hydrogen (secondary N) is 1. The summed E-state index contributed by atoms with van der Waals surface area (Å²) in [4.78, 5) is 34.4. The lowest BCUT2D eigenvalue weighted by atomic mass is 10.0. The summed E-state index contributed by atoms with van der Waals surface area (Å²) < 4.78 is 5.62. The number of rotatable bonds is 5. The maximum atomic E-state index is 13.7. The number of hydrogen-bond acceptors (Lipinski definition) is 6. The molecule has 3 aliphatic heterocycles. The standard InChI is InChI=1S/C25H31N5O3/c1-17-15-29(19-11-7-8-12-20(19)33-3)24-26-22-21(30(24)16-17)23(31)28(25(32)27(22)2)14-13-18-9-5-4-6-10-18/h4-12,17,21-22,24,26H,13-16H2,1-3H3. The Morgan fingerprint density at radius 3 is 2.52 bits per heavy atom. The van der Waals surface area contributed by atoms with Crippen molar-refractivity contribution in [2.45, 2.75) is 31.8 Å². The van der Waals surface area contributed by atoms with Gasteiger partial charge in [0.25, 0.3) is 5.91 Å². The van der Waals surface area contributed by atoms with Crippen LogP contribution in [0.4, 0.5) is 10.5 Å². The highest BCUT2D eigenvalue weighted by Crippen LogP contribution is 2.37. The molecule has 0 bridgehead atoms. The number of likely N-dealkylation sites (N-methyl/N-ethyl adjacent to an activating group) is 1. The molecule has 4 unspecified atom stereocenters. The molecule has 0 radical (unpaired) electrons. The predicted molar refractivity (Wildman–Crippen MR) is 126 cm³/mol. The number of para-hydroxylation sites is 2. The number of anilines is 1. The number of benzene rings is 2. The molecule has 3 amide bonds. The number of hydrogen-bond donors (Lipinski definition) is 1. The second kappa shape index (κ2) is 8.68. The summed E-state index contributed by atoms with van der Waals surface area (Å²) in [6.07, 6.45) is 0.0793. The summed E-state index contributed by atoms with van der Waals surface area (Å²) in [5.74, 6) is 1.02. The van der Waals surface area contributed by atoms with Crippen LogP contribution in [-0.2, 0) is 11.2 Å². The van der Waals surface area contributed by atoms with Crippen LogP contribution in [0.15, 0.2) is 54.6 Å². The van der Waals surface area contributed by atoms with Gasteiger partial charge in [0.2, 0.25) is 0 Å². The molecule has 8 nitrogen and oxygen atoms in total. The summed E-state index contributed by atoms with van der Waals surface area (Å²) in [6, 6.07) is 17.2. The number of amides is 3. The van der Waals surface area contributed by atoms with Gasteiger partial charge in [0, 0.05) is 26.7 Å². The molecule has 0 aliphatic carbocycles. The number of ether oxygens (including phenoxy) is 1. The van der Waals surface area contributed by atoms with Gasteiger partial charge in [0.1, 0.15) is 24.2 Å². The molecule has 0 aromatic heterocycles. The summed E-state index contributed by atoms with van der Waals surface area (Å²) in [7, 11) is 3.46. The maximum absolute atomic E-state index is 13.7. The highest BCUT2D eigenvalue weighted by atomic mass is 16.5. The Labute approximate surface area is 194 Å². The maximum Gasteiger partial charge on any atom is 0.327 e. The zero-order chi connectivity index (χ0) is 23.1. The monoisotopic (exact) mass is 449 g/mol. The first-order valence-electron chi connectivity index (χ1n) is 11.5. The average molecular weight is 450 g/mol. The van der Waals surface area contributed by atoms with Gasteiger partial charge in [0.05, 0.1) is 12.8 Å². The molecule has 3 saturated heterocycles. The molecule has 4 atom stereocenters. The Balaban J connectivity index is 1.43. The van der Waals surface area contributed by atoms with Crippen molar-refractivity contribution in [2.24, 2.45) is 5.92 Å². The van der Waals surface area contributed by atoms with Crippen LogP contribution in [0, 0.1) is 5.92 Å². The second-order valence-corrected chi connectivity index (χ2v) is 9.18. The van der Waals surface area contributed by atoms with E-state index >= 15 is 0 Å². The van der Waals surface area contributed by atoms with Gasteiger partial charge >= 0.3 is 6.03 Å². The van der Waals surface area contributed by atoms with Crippen LogP contribution in [0.3, 0.4) is 0 Å². The molecule has 2 aromatic rings. The van der Waals surface area contributed by atoms with Crippen molar-refractivity contribution in [1.82, 2.24) is 20.0 Å². The molecule has 8 heteroatoms. The fourth-order valence-electron chi connectivity index (χ4n) is 5.36. The van der Waals surface area contributed by atoms with Crippen molar-refractivity contribution >= 4 is 17.6 Å². The van der Waals surface area contributed by atoms with E-state index < -0.39 is 6.04 Å². The number of fused-ring (bicyclic) bond motifs is 3. The minimum Gasteiger partial charge on any atom is -0.495 e. The zero-order valence-electron chi connectivity index (χ0n) is 19.3. The SMILES string of the molecule is COc1ccccc1N1CC(C)CN2C3C(=O)N(CCc4ccccc4)C(=O)N(C)C3NC12. The summed E-state index contributed by atoms with van der Waals surface area (Å²) in [5.41, 5.74) is 2.09. The lowest BCUT2D eigenvalue weighted by Crippen LogP contribution is -2.66. The molecule has 3 heterocycles. The fraction of sp³-hybridized carbons (Fsp3) is 0.440. The highest BCUT2D eigenvalue weighted by molar-refractivity contribution is 6.00. The molecule has 3 aliphatic rings. The number of carbonyl (C=O) groups is 2. The molecule has 2 aromatic carbocycles. The Hall–Kier alpha value is -3.10. The van der Waals surface area contributed by atoms with Crippen molar-refractivity contribution in [2.75, 3.05) is 38.7 Å². The summed E-state index contributed by atoms with van der Waals surface area (Å²) in [5, 5.41) is 3.57. The van der Waals surface area contributed by atoms with E-state index in [0.717, 1.165) is 30.1 Å². The molecule has 0 saturated carbocycles. The first-order chi connectivity index (χ1) is 16.0. The Morgan fingerprint density at radius 1 is 1.03 bits per heavy atom. The van der Waals surface area contributed by atoms with Gasteiger partial charge in [-0.1, -0.05) is 49.4 Å². The van der Waals surface area contributed by atoms with Gasteiger partial charge in [0.15, 0.2) is 0 Å². The van der Waals surface area contributed by atoms with Gasteiger partial charge in [-0.15, -0.1) is 0 Å². The van der Waals surface area contributed by atoms with Crippen LogP contribution in [0.2, 0.25) is 0 Å². The van der Waals surface area contributed by atoms with Gasteiger partial charge in [-0.25, -0.2) is 4.79 Å². The first-order valence-corrected chi connectivity index (χ1v) is 11.5. The third-order valence-electron chi connectivity index (χ3n) is 6.95. The van der Waals surface area contributed by atoms with Crippen LogP contribution in [0.5, 0.6) is 5.75 Å². The molecular weight excluding hydrogens is 418 g/mol. The zero-order valence-corrected chi connectivity index (χ0v) is 19.3. The quantitative estimate of drug-likeness (QED) is 0.755. The third-order valence-corrected chi connectivity index (χ3v) is 6.95. The van der Waals surface area contributed by atoms with E-state index in [1.165, 1.54) is 4.90 Å². The molecule has 5 rings (SSSR count). The summed E-state index contributed by atoms with van der Waals surface area (Å²) >= 11 is 0. The van der Waals surface area contributed by atoms with Crippen molar-refractivity contribution < 1.29 is 14.3 Å². The Kier molecular flexibility index (Phi) is 5.72. The lowest BCUT2D eigenvalue weighted by Gasteiger charge is -2.46. The number of methoxy groups -OCH3 is 1. The van der Waals surface area contributed by atoms with E-state index in [1.54, 1.807) is 19.1 Å². The van der Waals surface area contributed by atoms with Gasteiger partial charge in [-0.05, 0) is 30.0 Å². The van der Waals surface area contributed by atoms with E-state index in [1.807, 2.05) is 54.6 Å². The highest BCUT2D eigenvalue weighted by Gasteiger charge is 2.56. The molecule has 0 spiro atoms. The van der Waals surface area contributed by atoms with E-state index in [-0.39, 0.29) is 24.4 Å². The predicted octanol–water partition coefficient (Wildman–Crippen LogP) is 2.17. The van der Waals surface area contributed by atoms with Crippen LogP contribution in [0.1, 0.15) is 12.5 Å². The lowest BCUT2D eigenvalue weighted by molar-refractivity contribution is -0.138.